The van der Waals surface area contributed by atoms with Crippen LogP contribution in [0.15, 0.2) is 0 Å². The van der Waals surface area contributed by atoms with Crippen LogP contribution in [0.25, 0.3) is 0 Å². The molecule has 1 aliphatic heterocycles. The maximum Gasteiger partial charge on any atom is 0.328 e. The second-order valence-corrected chi connectivity index (χ2v) is 5.59. The monoisotopic (exact) mass is 246 g/mol. The summed E-state index contributed by atoms with van der Waals surface area (Å²) in [4.78, 5) is 33.9. The first-order valence-corrected chi connectivity index (χ1v) is 5.45. The standard InChI is InChI=1S/C10H15ClN2O3/c1-4-10(5-9(2,3)11)6(14)12-8(16)13-7(10)15/h4-5H2,1-3H3,(H2,12,13,14,15,16). The van der Waals surface area contributed by atoms with Gasteiger partial charge in [0.2, 0.25) is 11.8 Å². The second kappa shape index (κ2) is 4.05. The average molecular weight is 247 g/mol. The van der Waals surface area contributed by atoms with Crippen molar-refractivity contribution in [1.29, 1.82) is 0 Å². The zero-order chi connectivity index (χ0) is 12.6. The molecule has 0 aromatic heterocycles. The molecule has 0 atom stereocenters. The molecule has 0 radical (unpaired) electrons. The number of amides is 4. The zero-order valence-corrected chi connectivity index (χ0v) is 10.3. The number of imide groups is 2. The van der Waals surface area contributed by atoms with Crippen LogP contribution in [-0.2, 0) is 9.59 Å². The van der Waals surface area contributed by atoms with Gasteiger partial charge in [-0.15, -0.1) is 11.6 Å². The van der Waals surface area contributed by atoms with Crippen molar-refractivity contribution in [2.24, 2.45) is 5.41 Å². The Kier molecular flexibility index (Phi) is 3.28. The molecule has 0 unspecified atom stereocenters. The number of carbonyl (C=O) groups excluding carboxylic acids is 3. The smallest absolute Gasteiger partial charge is 0.277 e. The molecule has 0 bridgehead atoms. The van der Waals surface area contributed by atoms with Gasteiger partial charge in [0.1, 0.15) is 5.41 Å². The molecule has 0 aromatic rings. The Hall–Kier alpha value is -1.10. The summed E-state index contributed by atoms with van der Waals surface area (Å²) < 4.78 is 0. The summed E-state index contributed by atoms with van der Waals surface area (Å²) in [5, 5.41) is 4.21. The first-order valence-electron chi connectivity index (χ1n) is 5.07. The Morgan fingerprint density at radius 1 is 1.19 bits per heavy atom. The van der Waals surface area contributed by atoms with Crippen LogP contribution >= 0.6 is 11.6 Å². The summed E-state index contributed by atoms with van der Waals surface area (Å²) >= 11 is 6.06. The Morgan fingerprint density at radius 2 is 1.62 bits per heavy atom. The van der Waals surface area contributed by atoms with E-state index in [0.717, 1.165) is 0 Å². The Balaban J connectivity index is 3.06. The van der Waals surface area contributed by atoms with Gasteiger partial charge in [0.05, 0.1) is 0 Å². The lowest BCUT2D eigenvalue weighted by molar-refractivity contribution is -0.145. The number of hydrogen-bond donors (Lipinski definition) is 2. The predicted octanol–water partition coefficient (Wildman–Crippen LogP) is 1.16. The lowest BCUT2D eigenvalue weighted by Gasteiger charge is -2.36. The van der Waals surface area contributed by atoms with Gasteiger partial charge in [-0.05, 0) is 26.7 Å². The summed E-state index contributed by atoms with van der Waals surface area (Å²) in [6, 6.07) is -0.772. The molecular weight excluding hydrogens is 232 g/mol. The van der Waals surface area contributed by atoms with Crippen LogP contribution in [0.1, 0.15) is 33.6 Å². The molecule has 6 heteroatoms. The zero-order valence-electron chi connectivity index (χ0n) is 9.52. The van der Waals surface area contributed by atoms with E-state index in [1.165, 1.54) is 0 Å². The van der Waals surface area contributed by atoms with Gasteiger partial charge in [-0.25, -0.2) is 4.79 Å². The number of halogens is 1. The Labute approximate surface area is 98.9 Å². The van der Waals surface area contributed by atoms with E-state index in [9.17, 15) is 14.4 Å². The molecule has 1 fully saturated rings. The van der Waals surface area contributed by atoms with Gasteiger partial charge in [-0.3, -0.25) is 20.2 Å². The highest BCUT2D eigenvalue weighted by Crippen LogP contribution is 2.37. The highest BCUT2D eigenvalue weighted by atomic mass is 35.5. The van der Waals surface area contributed by atoms with Gasteiger partial charge in [0, 0.05) is 4.87 Å². The van der Waals surface area contributed by atoms with Crippen molar-refractivity contribution in [2.45, 2.75) is 38.5 Å². The van der Waals surface area contributed by atoms with Gasteiger partial charge < -0.3 is 0 Å². The molecule has 16 heavy (non-hydrogen) atoms. The first-order chi connectivity index (χ1) is 7.21. The summed E-state index contributed by atoms with van der Waals surface area (Å²) in [6.45, 7) is 5.17. The third-order valence-corrected chi connectivity index (χ3v) is 2.78. The molecule has 1 aliphatic rings. The quantitative estimate of drug-likeness (QED) is 0.580. The second-order valence-electron chi connectivity index (χ2n) is 4.57. The molecule has 0 aromatic carbocycles. The fourth-order valence-electron chi connectivity index (χ4n) is 1.90. The number of alkyl halides is 1. The van der Waals surface area contributed by atoms with E-state index >= 15 is 0 Å². The maximum absolute atomic E-state index is 11.8. The van der Waals surface area contributed by atoms with Crippen LogP contribution in [0.2, 0.25) is 0 Å². The number of urea groups is 1. The van der Waals surface area contributed by atoms with Crippen molar-refractivity contribution in [2.75, 3.05) is 0 Å². The van der Waals surface area contributed by atoms with Crippen LogP contribution in [0.5, 0.6) is 0 Å². The van der Waals surface area contributed by atoms with Crippen LogP contribution in [-0.4, -0.2) is 22.7 Å². The summed E-state index contributed by atoms with van der Waals surface area (Å²) in [6.07, 6.45) is 0.483. The number of carbonyl (C=O) groups is 3. The molecular formula is C10H15ClN2O3. The van der Waals surface area contributed by atoms with Crippen LogP contribution in [0, 0.1) is 5.41 Å². The van der Waals surface area contributed by atoms with Gasteiger partial charge in [0.25, 0.3) is 0 Å². The van der Waals surface area contributed by atoms with Gasteiger partial charge >= 0.3 is 6.03 Å². The fourth-order valence-corrected chi connectivity index (χ4v) is 2.13. The van der Waals surface area contributed by atoms with E-state index in [1.807, 2.05) is 0 Å². The SMILES string of the molecule is CCC1(CC(C)(C)Cl)C(=O)NC(=O)NC1=O. The van der Waals surface area contributed by atoms with Crippen molar-refractivity contribution in [3.8, 4) is 0 Å². The van der Waals surface area contributed by atoms with Crippen molar-refractivity contribution in [1.82, 2.24) is 10.6 Å². The van der Waals surface area contributed by atoms with Crippen LogP contribution in [0.4, 0.5) is 4.79 Å². The third-order valence-electron chi connectivity index (χ3n) is 2.65. The van der Waals surface area contributed by atoms with E-state index in [2.05, 4.69) is 10.6 Å². The van der Waals surface area contributed by atoms with Gasteiger partial charge in [-0.1, -0.05) is 6.92 Å². The summed E-state index contributed by atoms with van der Waals surface area (Å²) in [5.74, 6) is -1.14. The van der Waals surface area contributed by atoms with E-state index in [-0.39, 0.29) is 6.42 Å². The van der Waals surface area contributed by atoms with E-state index in [0.29, 0.717) is 6.42 Å². The van der Waals surface area contributed by atoms with E-state index in [1.54, 1.807) is 20.8 Å². The summed E-state index contributed by atoms with van der Waals surface area (Å²) in [7, 11) is 0. The van der Waals surface area contributed by atoms with Crippen LogP contribution in [0.3, 0.4) is 0 Å². The number of barbiturate groups is 1. The molecule has 1 saturated heterocycles. The highest BCUT2D eigenvalue weighted by molar-refractivity contribution is 6.25. The molecule has 2 N–H and O–H groups in total. The number of hydrogen-bond acceptors (Lipinski definition) is 3. The Morgan fingerprint density at radius 3 is 1.94 bits per heavy atom. The maximum atomic E-state index is 11.8. The van der Waals surface area contributed by atoms with Gasteiger partial charge in [-0.2, -0.15) is 0 Å². The predicted molar refractivity (Wildman–Crippen MR) is 59.0 cm³/mol. The summed E-state index contributed by atoms with van der Waals surface area (Å²) in [5.41, 5.74) is -1.25. The lowest BCUT2D eigenvalue weighted by atomic mass is 9.75. The van der Waals surface area contributed by atoms with Crippen molar-refractivity contribution >= 4 is 29.4 Å². The normalized spacial score (nSPS) is 20.4. The molecule has 0 saturated carbocycles. The molecule has 1 rings (SSSR count). The number of rotatable bonds is 3. The molecule has 90 valence electrons. The van der Waals surface area contributed by atoms with E-state index in [4.69, 9.17) is 11.6 Å². The largest absolute Gasteiger partial charge is 0.328 e. The van der Waals surface area contributed by atoms with E-state index < -0.39 is 28.1 Å². The minimum atomic E-state index is -1.25. The Bertz CT molecular complexity index is 326. The average Bonchev–Trinajstić information content (AvgIpc) is 2.09. The highest BCUT2D eigenvalue weighted by Gasteiger charge is 2.51. The van der Waals surface area contributed by atoms with Gasteiger partial charge in [0.15, 0.2) is 0 Å². The third kappa shape index (κ3) is 2.35. The molecule has 0 spiro atoms. The molecule has 0 aliphatic carbocycles. The lowest BCUT2D eigenvalue weighted by Crippen LogP contribution is -2.63. The minimum absolute atomic E-state index is 0.184. The molecule has 4 amide bonds. The van der Waals surface area contributed by atoms with Crippen LogP contribution < -0.4 is 10.6 Å². The molecule has 5 nitrogen and oxygen atoms in total. The van der Waals surface area contributed by atoms with Crippen molar-refractivity contribution in [3.63, 3.8) is 0 Å². The molecule has 1 heterocycles. The van der Waals surface area contributed by atoms with Crippen molar-refractivity contribution in [3.05, 3.63) is 0 Å². The first kappa shape index (κ1) is 13.0. The number of nitrogens with one attached hydrogen (secondary N) is 2. The minimum Gasteiger partial charge on any atom is -0.277 e. The van der Waals surface area contributed by atoms with Crippen molar-refractivity contribution < 1.29 is 14.4 Å². The fraction of sp³-hybridized carbons (Fsp3) is 0.700. The topological polar surface area (TPSA) is 75.3 Å².